The van der Waals surface area contributed by atoms with Gasteiger partial charge in [-0.05, 0) is 41.5 Å². The molecule has 0 saturated carbocycles. The molecule has 1 aliphatic rings. The summed E-state index contributed by atoms with van der Waals surface area (Å²) in [6.07, 6.45) is 2.00. The van der Waals surface area contributed by atoms with E-state index in [0.29, 0.717) is 5.02 Å². The number of hydrogen-bond donors (Lipinski definition) is 1. The molecule has 0 spiro atoms. The average molecular weight is 294 g/mol. The summed E-state index contributed by atoms with van der Waals surface area (Å²) in [5, 5.41) is 4.12. The van der Waals surface area contributed by atoms with Crippen molar-refractivity contribution in [2.75, 3.05) is 11.9 Å². The van der Waals surface area contributed by atoms with Crippen molar-refractivity contribution < 1.29 is 4.39 Å². The molecule has 0 unspecified atom stereocenters. The molecule has 4 heteroatoms. The number of rotatable bonds is 1. The highest BCUT2D eigenvalue weighted by molar-refractivity contribution is 6.31. The van der Waals surface area contributed by atoms with E-state index in [-0.39, 0.29) is 5.02 Å². The topological polar surface area (TPSA) is 12.0 Å². The number of hydrogen-bond acceptors (Lipinski definition) is 1. The van der Waals surface area contributed by atoms with Crippen molar-refractivity contribution in [3.8, 4) is 0 Å². The summed E-state index contributed by atoms with van der Waals surface area (Å²) in [5.74, 6) is -0.402. The third-order valence-corrected chi connectivity index (χ3v) is 3.61. The van der Waals surface area contributed by atoms with Crippen LogP contribution >= 0.6 is 23.2 Å². The molecule has 0 radical (unpaired) electrons. The summed E-state index contributed by atoms with van der Waals surface area (Å²) in [5.41, 5.74) is 4.15. The standard InChI is InChI=1S/C15H10Cl2FN/c16-11-2-3-12-10(8-19-15(12)7-11)5-9-1-4-14(18)13(17)6-9/h1-7,19H,8H2. The molecule has 1 N–H and O–H groups in total. The van der Waals surface area contributed by atoms with Gasteiger partial charge in [0, 0.05) is 22.8 Å². The lowest BCUT2D eigenvalue weighted by Crippen LogP contribution is -1.91. The Morgan fingerprint density at radius 1 is 1.11 bits per heavy atom. The molecule has 3 rings (SSSR count). The maximum absolute atomic E-state index is 13.1. The second-order valence-corrected chi connectivity index (χ2v) is 5.23. The maximum atomic E-state index is 13.1. The average Bonchev–Trinajstić information content (AvgIpc) is 2.76. The van der Waals surface area contributed by atoms with Gasteiger partial charge < -0.3 is 5.32 Å². The first kappa shape index (κ1) is 12.5. The van der Waals surface area contributed by atoms with Crippen LogP contribution in [-0.2, 0) is 0 Å². The van der Waals surface area contributed by atoms with E-state index >= 15 is 0 Å². The molecule has 0 fully saturated rings. The van der Waals surface area contributed by atoms with Gasteiger partial charge in [0.1, 0.15) is 5.82 Å². The van der Waals surface area contributed by atoms with Gasteiger partial charge in [0.25, 0.3) is 0 Å². The fraction of sp³-hybridized carbons (Fsp3) is 0.0667. The van der Waals surface area contributed by atoms with Crippen LogP contribution in [0.25, 0.3) is 11.6 Å². The molecule has 0 saturated heterocycles. The summed E-state index contributed by atoms with van der Waals surface area (Å²) in [4.78, 5) is 0. The van der Waals surface area contributed by atoms with Gasteiger partial charge in [0.05, 0.1) is 5.02 Å². The van der Waals surface area contributed by atoms with Gasteiger partial charge in [0.15, 0.2) is 0 Å². The minimum atomic E-state index is -0.402. The molecular formula is C15H10Cl2FN. The Hall–Kier alpha value is -1.51. The van der Waals surface area contributed by atoms with Gasteiger partial charge in [0.2, 0.25) is 0 Å². The van der Waals surface area contributed by atoms with Crippen LogP contribution in [0.5, 0.6) is 0 Å². The van der Waals surface area contributed by atoms with Crippen LogP contribution < -0.4 is 5.32 Å². The lowest BCUT2D eigenvalue weighted by Gasteiger charge is -2.01. The second-order valence-electron chi connectivity index (χ2n) is 4.39. The van der Waals surface area contributed by atoms with Crippen LogP contribution in [0.4, 0.5) is 10.1 Å². The van der Waals surface area contributed by atoms with Crippen LogP contribution in [0.2, 0.25) is 10.0 Å². The first-order valence-electron chi connectivity index (χ1n) is 5.83. The third-order valence-electron chi connectivity index (χ3n) is 3.08. The van der Waals surface area contributed by atoms with Crippen LogP contribution in [0.1, 0.15) is 11.1 Å². The summed E-state index contributed by atoms with van der Waals surface area (Å²) in [6, 6.07) is 10.4. The van der Waals surface area contributed by atoms with Gasteiger partial charge in [-0.1, -0.05) is 35.3 Å². The first-order valence-corrected chi connectivity index (χ1v) is 6.58. The Morgan fingerprint density at radius 2 is 1.95 bits per heavy atom. The van der Waals surface area contributed by atoms with Crippen LogP contribution in [-0.4, -0.2) is 6.54 Å². The number of anilines is 1. The second kappa shape index (κ2) is 4.87. The highest BCUT2D eigenvalue weighted by Crippen LogP contribution is 2.34. The van der Waals surface area contributed by atoms with E-state index in [9.17, 15) is 4.39 Å². The Bertz CT molecular complexity index is 680. The van der Waals surface area contributed by atoms with Gasteiger partial charge in [-0.25, -0.2) is 4.39 Å². The normalized spacial score (nSPS) is 15.4. The smallest absolute Gasteiger partial charge is 0.141 e. The number of benzene rings is 2. The van der Waals surface area contributed by atoms with E-state index in [4.69, 9.17) is 23.2 Å². The largest absolute Gasteiger partial charge is 0.380 e. The van der Waals surface area contributed by atoms with Crippen molar-refractivity contribution in [1.82, 2.24) is 0 Å². The van der Waals surface area contributed by atoms with Crippen LogP contribution in [0.15, 0.2) is 36.4 Å². The van der Waals surface area contributed by atoms with E-state index < -0.39 is 5.82 Å². The van der Waals surface area contributed by atoms with E-state index in [2.05, 4.69) is 5.32 Å². The Labute approximate surface area is 120 Å². The highest BCUT2D eigenvalue weighted by Gasteiger charge is 2.15. The van der Waals surface area contributed by atoms with Crippen molar-refractivity contribution in [2.24, 2.45) is 0 Å². The van der Waals surface area contributed by atoms with E-state index in [0.717, 1.165) is 28.9 Å². The van der Waals surface area contributed by atoms with Crippen molar-refractivity contribution in [2.45, 2.75) is 0 Å². The minimum Gasteiger partial charge on any atom is -0.380 e. The molecule has 1 nitrogen and oxygen atoms in total. The molecule has 2 aromatic carbocycles. The van der Waals surface area contributed by atoms with Crippen molar-refractivity contribution in [1.29, 1.82) is 0 Å². The highest BCUT2D eigenvalue weighted by atomic mass is 35.5. The lowest BCUT2D eigenvalue weighted by molar-refractivity contribution is 0.628. The zero-order valence-corrected chi connectivity index (χ0v) is 11.4. The molecule has 2 aromatic rings. The molecule has 0 atom stereocenters. The molecule has 0 amide bonds. The van der Waals surface area contributed by atoms with E-state index in [1.54, 1.807) is 12.1 Å². The lowest BCUT2D eigenvalue weighted by atomic mass is 10.0. The molecule has 0 aliphatic carbocycles. The quantitative estimate of drug-likeness (QED) is 0.771. The van der Waals surface area contributed by atoms with Gasteiger partial charge in [-0.3, -0.25) is 0 Å². The predicted octanol–water partition coefficient (Wildman–Crippen LogP) is 5.10. The van der Waals surface area contributed by atoms with Crippen molar-refractivity contribution >= 4 is 40.5 Å². The van der Waals surface area contributed by atoms with E-state index in [1.165, 1.54) is 6.07 Å². The zero-order valence-electron chi connectivity index (χ0n) is 9.88. The summed E-state index contributed by atoms with van der Waals surface area (Å²) < 4.78 is 13.1. The minimum absolute atomic E-state index is 0.136. The Kier molecular flexibility index (Phi) is 3.21. The monoisotopic (exact) mass is 293 g/mol. The maximum Gasteiger partial charge on any atom is 0.141 e. The van der Waals surface area contributed by atoms with Crippen molar-refractivity contribution in [3.63, 3.8) is 0 Å². The fourth-order valence-electron chi connectivity index (χ4n) is 2.16. The number of halogens is 3. The first-order chi connectivity index (χ1) is 9.13. The van der Waals surface area contributed by atoms with Gasteiger partial charge in [-0.15, -0.1) is 0 Å². The van der Waals surface area contributed by atoms with Crippen molar-refractivity contribution in [3.05, 3.63) is 63.4 Å². The molecule has 19 heavy (non-hydrogen) atoms. The summed E-state index contributed by atoms with van der Waals surface area (Å²) in [6.45, 7) is 0.727. The van der Waals surface area contributed by atoms with Crippen LogP contribution in [0.3, 0.4) is 0 Å². The molecular weight excluding hydrogens is 284 g/mol. The SMILES string of the molecule is Fc1ccc(C=C2CNc3cc(Cl)ccc32)cc1Cl. The van der Waals surface area contributed by atoms with Gasteiger partial charge in [-0.2, -0.15) is 0 Å². The Morgan fingerprint density at radius 3 is 2.74 bits per heavy atom. The fourth-order valence-corrected chi connectivity index (χ4v) is 2.52. The predicted molar refractivity (Wildman–Crippen MR) is 79.2 cm³/mol. The molecule has 96 valence electrons. The van der Waals surface area contributed by atoms with Crippen LogP contribution in [0, 0.1) is 5.82 Å². The number of nitrogens with one attached hydrogen (secondary N) is 1. The molecule has 0 bridgehead atoms. The zero-order chi connectivity index (χ0) is 13.4. The summed E-state index contributed by atoms with van der Waals surface area (Å²) >= 11 is 11.7. The molecule has 1 aliphatic heterocycles. The Balaban J connectivity index is 2.00. The van der Waals surface area contributed by atoms with E-state index in [1.807, 2.05) is 24.3 Å². The molecule has 0 aromatic heterocycles. The third kappa shape index (κ3) is 2.46. The summed E-state index contributed by atoms with van der Waals surface area (Å²) in [7, 11) is 0. The van der Waals surface area contributed by atoms with Gasteiger partial charge >= 0.3 is 0 Å². The molecule has 1 heterocycles. The number of fused-ring (bicyclic) bond motifs is 1.